The second kappa shape index (κ2) is 6.73. The summed E-state index contributed by atoms with van der Waals surface area (Å²) in [5.41, 5.74) is -0.932. The van der Waals surface area contributed by atoms with Crippen molar-refractivity contribution in [3.8, 4) is 5.75 Å². The molecule has 0 saturated carbocycles. The Bertz CT molecular complexity index is 1060. The summed E-state index contributed by atoms with van der Waals surface area (Å²) in [6, 6.07) is 9.83. The monoisotopic (exact) mass is 355 g/mol. The number of nitrogens with zero attached hydrogens (tertiary/aromatic N) is 2. The first-order valence-electron chi connectivity index (χ1n) is 7.45. The third kappa shape index (κ3) is 3.15. The number of carbonyl (C=O) groups is 1. The summed E-state index contributed by atoms with van der Waals surface area (Å²) in [4.78, 5) is 41.1. The molecule has 0 bridgehead atoms. The van der Waals surface area contributed by atoms with Gasteiger partial charge in [0.15, 0.2) is 5.69 Å². The Labute approximate surface area is 146 Å². The van der Waals surface area contributed by atoms with E-state index in [0.29, 0.717) is 5.75 Å². The molecule has 0 radical (unpaired) electrons. The number of aliphatic hydroxyl groups excluding tert-OH is 1. The molecule has 132 valence electrons. The van der Waals surface area contributed by atoms with E-state index in [1.807, 2.05) is 0 Å². The van der Waals surface area contributed by atoms with Gasteiger partial charge in [-0.3, -0.25) is 19.7 Å². The van der Waals surface area contributed by atoms with Crippen molar-refractivity contribution in [2.45, 2.75) is 6.10 Å². The number of non-ortho nitro benzene ring substituents is 1. The SMILES string of the molecule is COc1ccc(C(O)C(=O)c2nc3ccc([N+](=O)[O-])cc3[nH]c2=O)cc1. The van der Waals surface area contributed by atoms with Crippen LogP contribution >= 0.6 is 0 Å². The number of methoxy groups -OCH3 is 1. The largest absolute Gasteiger partial charge is 0.497 e. The number of aromatic amines is 1. The number of aliphatic hydroxyl groups is 1. The normalized spacial score (nSPS) is 11.9. The van der Waals surface area contributed by atoms with Crippen molar-refractivity contribution >= 4 is 22.5 Å². The highest BCUT2D eigenvalue weighted by molar-refractivity contribution is 5.99. The number of ether oxygens (including phenoxy) is 1. The number of aromatic nitrogens is 2. The van der Waals surface area contributed by atoms with E-state index in [9.17, 15) is 24.8 Å². The van der Waals surface area contributed by atoms with Crippen LogP contribution in [0, 0.1) is 10.1 Å². The van der Waals surface area contributed by atoms with Crippen LogP contribution < -0.4 is 10.3 Å². The van der Waals surface area contributed by atoms with E-state index in [0.717, 1.165) is 6.07 Å². The zero-order valence-corrected chi connectivity index (χ0v) is 13.5. The lowest BCUT2D eigenvalue weighted by Gasteiger charge is -2.10. The Hall–Kier alpha value is -3.59. The molecular weight excluding hydrogens is 342 g/mol. The van der Waals surface area contributed by atoms with Crippen LogP contribution in [0.25, 0.3) is 11.0 Å². The summed E-state index contributed by atoms with van der Waals surface area (Å²) in [7, 11) is 1.49. The fourth-order valence-corrected chi connectivity index (χ4v) is 2.42. The maximum absolute atomic E-state index is 12.5. The Kier molecular flexibility index (Phi) is 4.46. The van der Waals surface area contributed by atoms with E-state index in [1.165, 1.54) is 31.4 Å². The number of nitro groups is 1. The van der Waals surface area contributed by atoms with Crippen LogP contribution in [0.4, 0.5) is 5.69 Å². The topological polar surface area (TPSA) is 135 Å². The van der Waals surface area contributed by atoms with Crippen LogP contribution in [0.5, 0.6) is 5.75 Å². The van der Waals surface area contributed by atoms with Gasteiger partial charge >= 0.3 is 0 Å². The number of H-pyrrole nitrogens is 1. The number of carbonyl (C=O) groups excluding carboxylic acids is 1. The maximum Gasteiger partial charge on any atom is 0.278 e. The summed E-state index contributed by atoms with van der Waals surface area (Å²) < 4.78 is 5.01. The molecule has 1 heterocycles. The van der Waals surface area contributed by atoms with Gasteiger partial charge in [0.05, 0.1) is 23.1 Å². The van der Waals surface area contributed by atoms with E-state index < -0.39 is 28.1 Å². The second-order valence-corrected chi connectivity index (χ2v) is 5.41. The number of nitro benzene ring substituents is 1. The van der Waals surface area contributed by atoms with Crippen LogP contribution in [-0.2, 0) is 0 Å². The van der Waals surface area contributed by atoms with Crippen LogP contribution in [0.3, 0.4) is 0 Å². The lowest BCUT2D eigenvalue weighted by Crippen LogP contribution is -2.24. The fraction of sp³-hybridized carbons (Fsp3) is 0.118. The molecule has 9 heteroatoms. The Morgan fingerprint density at radius 3 is 2.58 bits per heavy atom. The number of hydrogen-bond donors (Lipinski definition) is 2. The van der Waals surface area contributed by atoms with Gasteiger partial charge in [-0.1, -0.05) is 12.1 Å². The summed E-state index contributed by atoms with van der Waals surface area (Å²) in [6.07, 6.45) is -1.58. The minimum atomic E-state index is -1.58. The van der Waals surface area contributed by atoms with Gasteiger partial charge in [-0.05, 0) is 23.8 Å². The van der Waals surface area contributed by atoms with E-state index in [2.05, 4.69) is 9.97 Å². The minimum Gasteiger partial charge on any atom is -0.497 e. The zero-order chi connectivity index (χ0) is 18.8. The quantitative estimate of drug-likeness (QED) is 0.404. The van der Waals surface area contributed by atoms with Crippen molar-refractivity contribution in [3.05, 3.63) is 74.2 Å². The van der Waals surface area contributed by atoms with Crippen molar-refractivity contribution in [2.24, 2.45) is 0 Å². The molecule has 2 aromatic carbocycles. The molecule has 0 saturated heterocycles. The number of nitrogens with one attached hydrogen (secondary N) is 1. The number of ketones is 1. The first-order chi connectivity index (χ1) is 12.4. The molecule has 3 rings (SSSR count). The molecule has 26 heavy (non-hydrogen) atoms. The van der Waals surface area contributed by atoms with Gasteiger partial charge in [0, 0.05) is 12.1 Å². The average Bonchev–Trinajstić information content (AvgIpc) is 2.65. The van der Waals surface area contributed by atoms with Crippen molar-refractivity contribution in [3.63, 3.8) is 0 Å². The number of Topliss-reactive ketones (excluding diaryl/α,β-unsaturated/α-hetero) is 1. The van der Waals surface area contributed by atoms with E-state index in [4.69, 9.17) is 4.74 Å². The van der Waals surface area contributed by atoms with Crippen molar-refractivity contribution in [2.75, 3.05) is 7.11 Å². The predicted octanol–water partition coefficient (Wildman–Crippen LogP) is 1.76. The molecule has 9 nitrogen and oxygen atoms in total. The minimum absolute atomic E-state index is 0.125. The highest BCUT2D eigenvalue weighted by Gasteiger charge is 2.24. The number of benzene rings is 2. The Morgan fingerprint density at radius 2 is 1.96 bits per heavy atom. The van der Waals surface area contributed by atoms with E-state index >= 15 is 0 Å². The molecule has 0 amide bonds. The molecule has 0 fully saturated rings. The van der Waals surface area contributed by atoms with E-state index in [-0.39, 0.29) is 22.3 Å². The molecule has 1 aromatic heterocycles. The molecule has 2 N–H and O–H groups in total. The van der Waals surface area contributed by atoms with Gasteiger partial charge in [-0.2, -0.15) is 0 Å². The molecule has 1 atom stereocenters. The lowest BCUT2D eigenvalue weighted by atomic mass is 10.0. The summed E-state index contributed by atoms with van der Waals surface area (Å²) in [5.74, 6) is -0.326. The summed E-state index contributed by atoms with van der Waals surface area (Å²) in [6.45, 7) is 0. The second-order valence-electron chi connectivity index (χ2n) is 5.41. The van der Waals surface area contributed by atoms with Crippen molar-refractivity contribution < 1.29 is 19.6 Å². The van der Waals surface area contributed by atoms with Gasteiger partial charge in [0.25, 0.3) is 11.2 Å². The van der Waals surface area contributed by atoms with Crippen LogP contribution in [-0.4, -0.2) is 32.9 Å². The van der Waals surface area contributed by atoms with Gasteiger partial charge in [-0.15, -0.1) is 0 Å². The Morgan fingerprint density at radius 1 is 1.27 bits per heavy atom. The molecular formula is C17H13N3O6. The van der Waals surface area contributed by atoms with Crippen LogP contribution in [0.15, 0.2) is 47.3 Å². The standard InChI is InChI=1S/C17H13N3O6/c1-26-11-5-2-9(3-6-11)15(21)16(22)14-17(23)19-13-8-10(20(24)25)4-7-12(13)18-14/h2-8,15,21H,1H3,(H,19,23). The average molecular weight is 355 g/mol. The summed E-state index contributed by atoms with van der Waals surface area (Å²) >= 11 is 0. The first kappa shape index (κ1) is 17.2. The molecule has 0 aliphatic heterocycles. The van der Waals surface area contributed by atoms with Crippen molar-refractivity contribution in [1.82, 2.24) is 9.97 Å². The summed E-state index contributed by atoms with van der Waals surface area (Å²) in [5, 5.41) is 21.0. The van der Waals surface area contributed by atoms with Gasteiger partial charge in [0.2, 0.25) is 5.78 Å². The highest BCUT2D eigenvalue weighted by Crippen LogP contribution is 2.21. The smallest absolute Gasteiger partial charge is 0.278 e. The van der Waals surface area contributed by atoms with Crippen LogP contribution in [0.1, 0.15) is 22.2 Å². The van der Waals surface area contributed by atoms with E-state index in [1.54, 1.807) is 12.1 Å². The fourth-order valence-electron chi connectivity index (χ4n) is 2.42. The van der Waals surface area contributed by atoms with Gasteiger partial charge in [-0.25, -0.2) is 4.98 Å². The highest BCUT2D eigenvalue weighted by atomic mass is 16.6. The van der Waals surface area contributed by atoms with Crippen molar-refractivity contribution in [1.29, 1.82) is 0 Å². The third-order valence-electron chi connectivity index (χ3n) is 3.80. The molecule has 1 unspecified atom stereocenters. The molecule has 0 aliphatic rings. The van der Waals surface area contributed by atoms with Gasteiger partial charge < -0.3 is 14.8 Å². The maximum atomic E-state index is 12.5. The van der Waals surface area contributed by atoms with Gasteiger partial charge in [0.1, 0.15) is 11.9 Å². The Balaban J connectivity index is 1.99. The number of hydrogen-bond acceptors (Lipinski definition) is 7. The first-order valence-corrected chi connectivity index (χ1v) is 7.45. The van der Waals surface area contributed by atoms with Crippen LogP contribution in [0.2, 0.25) is 0 Å². The molecule has 0 spiro atoms. The lowest BCUT2D eigenvalue weighted by molar-refractivity contribution is -0.384. The molecule has 0 aliphatic carbocycles. The number of rotatable bonds is 5. The number of fused-ring (bicyclic) bond motifs is 1. The zero-order valence-electron chi connectivity index (χ0n) is 13.5. The molecule has 3 aromatic rings. The third-order valence-corrected chi connectivity index (χ3v) is 3.80. The predicted molar refractivity (Wildman–Crippen MR) is 91.3 cm³/mol.